The molecule has 1 rings (SSSR count). The summed E-state index contributed by atoms with van der Waals surface area (Å²) >= 11 is 0. The molecule has 2 nitrogen and oxygen atoms in total. The average Bonchev–Trinajstić information content (AvgIpc) is 2.55. The van der Waals surface area contributed by atoms with Crippen molar-refractivity contribution >= 4 is 6.29 Å². The molecular formula is C18H32O2. The van der Waals surface area contributed by atoms with Gasteiger partial charge in [-0.3, -0.25) is 0 Å². The van der Waals surface area contributed by atoms with Crippen molar-refractivity contribution in [1.29, 1.82) is 0 Å². The number of rotatable bonds is 4. The van der Waals surface area contributed by atoms with E-state index < -0.39 is 0 Å². The molecule has 0 aliphatic heterocycles. The number of carbonyl (C=O) groups excluding carboxylic acids is 1. The number of ether oxygens (including phenoxy) is 1. The number of hydrogen-bond donors (Lipinski definition) is 0. The first-order valence-corrected chi connectivity index (χ1v) is 7.63. The van der Waals surface area contributed by atoms with Crippen molar-refractivity contribution in [3.05, 3.63) is 36.1 Å². The van der Waals surface area contributed by atoms with E-state index in [1.54, 1.807) is 7.11 Å². The molecule has 0 radical (unpaired) electrons. The van der Waals surface area contributed by atoms with Gasteiger partial charge in [0.25, 0.3) is 0 Å². The third-order valence-corrected chi connectivity index (χ3v) is 3.09. The van der Waals surface area contributed by atoms with Crippen LogP contribution < -0.4 is 0 Å². The second kappa shape index (κ2) is 15.7. The van der Waals surface area contributed by atoms with E-state index in [0.29, 0.717) is 11.7 Å². The van der Waals surface area contributed by atoms with E-state index in [0.717, 1.165) is 19.1 Å². The van der Waals surface area contributed by atoms with E-state index in [1.807, 2.05) is 45.9 Å². The Morgan fingerprint density at radius 1 is 1.15 bits per heavy atom. The summed E-state index contributed by atoms with van der Waals surface area (Å²) in [5.41, 5.74) is 1.21. The van der Waals surface area contributed by atoms with Gasteiger partial charge in [0.2, 0.25) is 0 Å². The first-order chi connectivity index (χ1) is 9.63. The molecule has 1 aliphatic carbocycles. The monoisotopic (exact) mass is 280 g/mol. The lowest BCUT2D eigenvalue weighted by Gasteiger charge is -2.14. The lowest BCUT2D eigenvalue weighted by Crippen LogP contribution is -2.06. The molecule has 0 saturated heterocycles. The van der Waals surface area contributed by atoms with Crippen LogP contribution in [0.1, 0.15) is 59.8 Å². The molecule has 1 saturated carbocycles. The Kier molecular flexibility index (Phi) is 16.5. The van der Waals surface area contributed by atoms with Crippen molar-refractivity contribution in [2.75, 3.05) is 7.11 Å². The molecule has 0 aromatic heterocycles. The number of hydrogen-bond acceptors (Lipinski definition) is 2. The fraction of sp³-hybridized carbons (Fsp3) is 0.611. The van der Waals surface area contributed by atoms with E-state index in [4.69, 9.17) is 4.74 Å². The van der Waals surface area contributed by atoms with Gasteiger partial charge in [0.15, 0.2) is 0 Å². The Balaban J connectivity index is 0. The van der Waals surface area contributed by atoms with E-state index in [2.05, 4.69) is 6.58 Å². The van der Waals surface area contributed by atoms with Crippen LogP contribution in [0.4, 0.5) is 0 Å². The topological polar surface area (TPSA) is 26.3 Å². The zero-order chi connectivity index (χ0) is 15.8. The second-order valence-electron chi connectivity index (χ2n) is 4.57. The highest BCUT2D eigenvalue weighted by Crippen LogP contribution is 2.21. The van der Waals surface area contributed by atoms with Crippen molar-refractivity contribution in [3.63, 3.8) is 0 Å². The molecule has 2 heteroatoms. The summed E-state index contributed by atoms with van der Waals surface area (Å²) in [6, 6.07) is 0. The number of carbonyl (C=O) groups is 1. The molecule has 20 heavy (non-hydrogen) atoms. The molecular weight excluding hydrogens is 248 g/mol. The van der Waals surface area contributed by atoms with E-state index in [1.165, 1.54) is 24.8 Å². The summed E-state index contributed by atoms with van der Waals surface area (Å²) in [6.45, 7) is 11.7. The van der Waals surface area contributed by atoms with Crippen molar-refractivity contribution in [3.8, 4) is 0 Å². The highest BCUT2D eigenvalue weighted by Gasteiger charge is 2.10. The number of aldehydes is 1. The summed E-state index contributed by atoms with van der Waals surface area (Å²) in [4.78, 5) is 10.2. The highest BCUT2D eigenvalue weighted by molar-refractivity contribution is 5.53. The molecule has 116 valence electrons. The average molecular weight is 280 g/mol. The molecule has 0 N–H and O–H groups in total. The summed E-state index contributed by atoms with van der Waals surface area (Å²) in [5.74, 6) is 1.09. The SMILES string of the molecule is C=C(/C=C\C(C)=C/C)OC.CC.O=CC1CCCCC1. The molecule has 0 aromatic rings. The minimum atomic E-state index is 0.406. The molecule has 0 unspecified atom stereocenters. The Hall–Kier alpha value is -1.31. The minimum absolute atomic E-state index is 0.406. The van der Waals surface area contributed by atoms with Crippen LogP contribution in [0.2, 0.25) is 0 Å². The van der Waals surface area contributed by atoms with Crippen LogP contribution in [-0.2, 0) is 9.53 Å². The largest absolute Gasteiger partial charge is 0.497 e. The first kappa shape index (κ1) is 21.0. The van der Waals surface area contributed by atoms with Crippen LogP contribution in [0.5, 0.6) is 0 Å². The van der Waals surface area contributed by atoms with Gasteiger partial charge in [-0.2, -0.15) is 0 Å². The van der Waals surface area contributed by atoms with Crippen LogP contribution in [0, 0.1) is 5.92 Å². The van der Waals surface area contributed by atoms with Crippen LogP contribution >= 0.6 is 0 Å². The van der Waals surface area contributed by atoms with E-state index in [9.17, 15) is 4.79 Å². The van der Waals surface area contributed by atoms with Gasteiger partial charge in [0, 0.05) is 5.92 Å². The number of methoxy groups -OCH3 is 1. The summed E-state index contributed by atoms with van der Waals surface area (Å²) in [5, 5.41) is 0. The van der Waals surface area contributed by atoms with Gasteiger partial charge >= 0.3 is 0 Å². The van der Waals surface area contributed by atoms with E-state index in [-0.39, 0.29) is 0 Å². The molecule has 0 aromatic carbocycles. The van der Waals surface area contributed by atoms with Crippen LogP contribution in [0.15, 0.2) is 36.1 Å². The van der Waals surface area contributed by atoms with E-state index >= 15 is 0 Å². The van der Waals surface area contributed by atoms with Crippen LogP contribution in [-0.4, -0.2) is 13.4 Å². The summed E-state index contributed by atoms with van der Waals surface area (Å²) in [6.07, 6.45) is 13.1. The Bertz CT molecular complexity index is 295. The molecule has 1 fully saturated rings. The second-order valence-corrected chi connectivity index (χ2v) is 4.57. The third kappa shape index (κ3) is 13.1. The molecule has 0 atom stereocenters. The van der Waals surface area contributed by atoms with Gasteiger partial charge in [-0.15, -0.1) is 0 Å². The maximum atomic E-state index is 10.2. The molecule has 0 bridgehead atoms. The van der Waals surface area contributed by atoms with Crippen molar-refractivity contribution < 1.29 is 9.53 Å². The standard InChI is InChI=1S/C9H14O.C7H12O.C2H6/c1-5-8(2)6-7-9(3)10-4;8-6-7-4-2-1-3-5-7;1-2/h5-7H,3H2,1-2,4H3;6-7H,1-5H2;1-2H3/b7-6-,8-5-;;. The van der Waals surface area contributed by atoms with Gasteiger partial charge in [-0.1, -0.05) is 57.4 Å². The van der Waals surface area contributed by atoms with Crippen molar-refractivity contribution in [1.82, 2.24) is 0 Å². The zero-order valence-electron chi connectivity index (χ0n) is 13.9. The molecule has 0 amide bonds. The fourth-order valence-corrected chi connectivity index (χ4v) is 1.66. The quantitative estimate of drug-likeness (QED) is 0.388. The van der Waals surface area contributed by atoms with Crippen LogP contribution in [0.25, 0.3) is 0 Å². The molecule has 0 heterocycles. The Morgan fingerprint density at radius 2 is 1.70 bits per heavy atom. The third-order valence-electron chi connectivity index (χ3n) is 3.09. The van der Waals surface area contributed by atoms with Gasteiger partial charge in [-0.05, 0) is 32.8 Å². The minimum Gasteiger partial charge on any atom is -0.497 e. The highest BCUT2D eigenvalue weighted by atomic mass is 16.5. The fourth-order valence-electron chi connectivity index (χ4n) is 1.66. The molecule has 1 aliphatic rings. The van der Waals surface area contributed by atoms with Gasteiger partial charge in [-0.25, -0.2) is 0 Å². The Labute approximate surface area is 125 Å². The summed E-state index contributed by atoms with van der Waals surface area (Å²) < 4.78 is 4.84. The predicted octanol–water partition coefficient (Wildman–Crippen LogP) is 5.46. The number of allylic oxidation sites excluding steroid dienone is 4. The maximum Gasteiger partial charge on any atom is 0.123 e. The first-order valence-electron chi connectivity index (χ1n) is 7.63. The molecule has 0 spiro atoms. The predicted molar refractivity (Wildman–Crippen MR) is 88.7 cm³/mol. The van der Waals surface area contributed by atoms with Gasteiger partial charge in [0.05, 0.1) is 7.11 Å². The Morgan fingerprint density at radius 3 is 2.05 bits per heavy atom. The summed E-state index contributed by atoms with van der Waals surface area (Å²) in [7, 11) is 1.61. The lowest BCUT2D eigenvalue weighted by atomic mass is 9.91. The van der Waals surface area contributed by atoms with Gasteiger partial charge < -0.3 is 9.53 Å². The van der Waals surface area contributed by atoms with Crippen LogP contribution in [0.3, 0.4) is 0 Å². The normalized spacial score (nSPS) is 15.6. The smallest absolute Gasteiger partial charge is 0.123 e. The van der Waals surface area contributed by atoms with Crippen molar-refractivity contribution in [2.24, 2.45) is 5.92 Å². The van der Waals surface area contributed by atoms with Crippen molar-refractivity contribution in [2.45, 2.75) is 59.8 Å². The maximum absolute atomic E-state index is 10.2. The van der Waals surface area contributed by atoms with Gasteiger partial charge in [0.1, 0.15) is 12.0 Å². The zero-order valence-corrected chi connectivity index (χ0v) is 13.9. The lowest BCUT2D eigenvalue weighted by molar-refractivity contribution is -0.111.